The van der Waals surface area contributed by atoms with E-state index in [9.17, 15) is 36.6 Å². The molecule has 3 rings (SSSR count). The van der Waals surface area contributed by atoms with Gasteiger partial charge >= 0.3 is 35.7 Å². The zero-order valence-corrected chi connectivity index (χ0v) is 22.4. The first-order chi connectivity index (χ1) is 16.4. The van der Waals surface area contributed by atoms with Gasteiger partial charge < -0.3 is 20.3 Å². The third kappa shape index (κ3) is 7.64. The van der Waals surface area contributed by atoms with E-state index in [4.69, 9.17) is 0 Å². The first-order valence-corrected chi connectivity index (χ1v) is 12.1. The van der Waals surface area contributed by atoms with Gasteiger partial charge in [0.1, 0.15) is 0 Å². The SMILES string of the molecule is C[C@H](Cc1ccc(S(=O)(=O)c2ccc(C(=O)[O-])cc2)cc1)NC[C@H](O)c1cccc(C(F)(F)F)c1.[Na+]. The molecule has 0 spiro atoms. The molecule has 2 N–H and O–H groups in total. The standard InChI is InChI=1S/C25H24F3NO5S.Na/c1-16(29-15-23(30)19-3-2-4-20(14-19)25(26,27)28)13-17-5-9-21(10-6-17)35(33,34)22-11-7-18(8-12-22)24(31)32;/h2-12,14,16,23,29-30H,13,15H2,1H3,(H,31,32);/q;+1/p-1/t16-,23+;/m1./s1. The molecule has 0 saturated heterocycles. The van der Waals surface area contributed by atoms with E-state index in [1.54, 1.807) is 12.1 Å². The molecule has 0 radical (unpaired) electrons. The maximum absolute atomic E-state index is 12.9. The molecule has 0 aliphatic carbocycles. The minimum Gasteiger partial charge on any atom is -0.545 e. The topological polar surface area (TPSA) is 107 Å². The number of carboxylic acid groups (broad SMARTS) is 1. The predicted molar refractivity (Wildman–Crippen MR) is 120 cm³/mol. The molecule has 0 aliphatic heterocycles. The van der Waals surface area contributed by atoms with Gasteiger partial charge in [-0.1, -0.05) is 36.4 Å². The van der Waals surface area contributed by atoms with Crippen LogP contribution in [0, 0.1) is 0 Å². The fraction of sp³-hybridized carbons (Fsp3) is 0.240. The summed E-state index contributed by atoms with van der Waals surface area (Å²) in [5.74, 6) is -1.40. The first kappa shape index (κ1) is 30.0. The van der Waals surface area contributed by atoms with Gasteiger partial charge in [0.2, 0.25) is 9.84 Å². The Bertz CT molecular complexity index is 1280. The molecule has 0 aromatic heterocycles. The number of sulfone groups is 1. The number of aliphatic hydroxyl groups is 1. The Kier molecular flexibility index (Phi) is 10.3. The fourth-order valence-corrected chi connectivity index (χ4v) is 4.75. The zero-order valence-electron chi connectivity index (χ0n) is 19.6. The molecule has 3 aromatic rings. The third-order valence-corrected chi connectivity index (χ3v) is 7.22. The van der Waals surface area contributed by atoms with Gasteiger partial charge in [-0.2, -0.15) is 13.2 Å². The monoisotopic (exact) mass is 529 g/mol. The van der Waals surface area contributed by atoms with Crippen LogP contribution in [-0.4, -0.2) is 32.1 Å². The average molecular weight is 530 g/mol. The van der Waals surface area contributed by atoms with Crippen molar-refractivity contribution < 1.29 is 66.2 Å². The summed E-state index contributed by atoms with van der Waals surface area (Å²) in [6.45, 7) is 1.87. The molecule has 0 heterocycles. The number of aromatic carboxylic acids is 1. The van der Waals surface area contributed by atoms with Gasteiger partial charge in [0.25, 0.3) is 0 Å². The second-order valence-corrected chi connectivity index (χ2v) is 10.1. The molecule has 6 nitrogen and oxygen atoms in total. The van der Waals surface area contributed by atoms with Crippen molar-refractivity contribution in [1.29, 1.82) is 0 Å². The molecular weight excluding hydrogens is 506 g/mol. The minimum atomic E-state index is -4.49. The van der Waals surface area contributed by atoms with Crippen molar-refractivity contribution in [2.75, 3.05) is 6.54 Å². The Hall–Kier alpha value is -2.21. The van der Waals surface area contributed by atoms with E-state index in [-0.39, 0.29) is 63.1 Å². The number of hydrogen-bond acceptors (Lipinski definition) is 6. The normalized spacial score (nSPS) is 13.5. The van der Waals surface area contributed by atoms with Gasteiger partial charge in [0, 0.05) is 12.6 Å². The fourth-order valence-electron chi connectivity index (χ4n) is 3.49. The first-order valence-electron chi connectivity index (χ1n) is 10.6. The number of carbonyl (C=O) groups excluding carboxylic acids is 1. The minimum absolute atomic E-state index is 0. The second-order valence-electron chi connectivity index (χ2n) is 8.11. The van der Waals surface area contributed by atoms with E-state index < -0.39 is 33.7 Å². The number of carbonyl (C=O) groups is 1. The van der Waals surface area contributed by atoms with Crippen LogP contribution < -0.4 is 40.0 Å². The summed E-state index contributed by atoms with van der Waals surface area (Å²) in [5, 5.41) is 24.2. The van der Waals surface area contributed by atoms with Gasteiger partial charge in [-0.25, -0.2) is 8.42 Å². The van der Waals surface area contributed by atoms with E-state index in [0.29, 0.717) is 6.42 Å². The Morgan fingerprint density at radius 2 is 1.56 bits per heavy atom. The quantitative estimate of drug-likeness (QED) is 0.383. The average Bonchev–Trinajstić information content (AvgIpc) is 2.82. The summed E-state index contributed by atoms with van der Waals surface area (Å²) in [6, 6.07) is 15.3. The molecule has 2 atom stereocenters. The predicted octanol–water partition coefficient (Wildman–Crippen LogP) is 0.160. The summed E-state index contributed by atoms with van der Waals surface area (Å²) in [6.07, 6.45) is -5.14. The Morgan fingerprint density at radius 1 is 1.00 bits per heavy atom. The molecule has 3 aromatic carbocycles. The van der Waals surface area contributed by atoms with Crippen LogP contribution in [0.4, 0.5) is 13.2 Å². The van der Waals surface area contributed by atoms with E-state index in [0.717, 1.165) is 29.8 Å². The van der Waals surface area contributed by atoms with Crippen LogP contribution in [0.2, 0.25) is 0 Å². The molecule has 0 unspecified atom stereocenters. The van der Waals surface area contributed by atoms with Crippen LogP contribution >= 0.6 is 0 Å². The molecular formula is C25H23F3NNaO5S. The van der Waals surface area contributed by atoms with Crippen LogP contribution in [0.5, 0.6) is 0 Å². The largest absolute Gasteiger partial charge is 1.00 e. The van der Waals surface area contributed by atoms with Crippen LogP contribution in [0.1, 0.15) is 40.1 Å². The Labute approximate surface area is 229 Å². The van der Waals surface area contributed by atoms with Crippen LogP contribution in [0.25, 0.3) is 0 Å². The summed E-state index contributed by atoms with van der Waals surface area (Å²) >= 11 is 0. The molecule has 0 fully saturated rings. The summed E-state index contributed by atoms with van der Waals surface area (Å²) in [5.41, 5.74) is 0.0116. The van der Waals surface area contributed by atoms with Crippen molar-refractivity contribution in [1.82, 2.24) is 5.32 Å². The van der Waals surface area contributed by atoms with Crippen LogP contribution in [0.3, 0.4) is 0 Å². The summed E-state index contributed by atoms with van der Waals surface area (Å²) in [7, 11) is -3.83. The van der Waals surface area contributed by atoms with Crippen molar-refractivity contribution in [3.8, 4) is 0 Å². The van der Waals surface area contributed by atoms with E-state index >= 15 is 0 Å². The third-order valence-electron chi connectivity index (χ3n) is 5.43. The van der Waals surface area contributed by atoms with Gasteiger partial charge in [-0.3, -0.25) is 0 Å². The molecule has 0 amide bonds. The van der Waals surface area contributed by atoms with Gasteiger partial charge in [0.15, 0.2) is 0 Å². The number of aliphatic hydroxyl groups excluding tert-OH is 1. The van der Waals surface area contributed by atoms with Crippen molar-refractivity contribution in [2.24, 2.45) is 0 Å². The van der Waals surface area contributed by atoms with Crippen molar-refractivity contribution in [3.05, 3.63) is 95.1 Å². The van der Waals surface area contributed by atoms with Gasteiger partial charge in [0.05, 0.1) is 27.4 Å². The van der Waals surface area contributed by atoms with E-state index in [1.807, 2.05) is 6.92 Å². The number of benzene rings is 3. The molecule has 186 valence electrons. The molecule has 0 aliphatic rings. The Morgan fingerprint density at radius 3 is 2.08 bits per heavy atom. The summed E-state index contributed by atoms with van der Waals surface area (Å²) < 4.78 is 64.2. The zero-order chi connectivity index (χ0) is 25.8. The van der Waals surface area contributed by atoms with E-state index in [1.165, 1.54) is 36.4 Å². The molecule has 36 heavy (non-hydrogen) atoms. The number of rotatable bonds is 9. The number of hydrogen-bond donors (Lipinski definition) is 2. The summed E-state index contributed by atoms with van der Waals surface area (Å²) in [4.78, 5) is 10.8. The van der Waals surface area contributed by atoms with Crippen molar-refractivity contribution >= 4 is 15.8 Å². The maximum Gasteiger partial charge on any atom is 1.00 e. The molecule has 0 bridgehead atoms. The van der Waals surface area contributed by atoms with Crippen molar-refractivity contribution in [3.63, 3.8) is 0 Å². The number of halogens is 3. The maximum atomic E-state index is 12.9. The van der Waals surface area contributed by atoms with Gasteiger partial charge in [-0.15, -0.1) is 0 Å². The van der Waals surface area contributed by atoms with Gasteiger partial charge in [-0.05, 0) is 66.4 Å². The Balaban J connectivity index is 0.00000456. The van der Waals surface area contributed by atoms with Crippen LogP contribution in [0.15, 0.2) is 82.6 Å². The van der Waals surface area contributed by atoms with Crippen molar-refractivity contribution in [2.45, 2.75) is 41.5 Å². The smallest absolute Gasteiger partial charge is 0.545 e. The number of carboxylic acids is 1. The van der Waals surface area contributed by atoms with Crippen LogP contribution in [-0.2, 0) is 22.4 Å². The number of nitrogens with one attached hydrogen (secondary N) is 1. The second kappa shape index (κ2) is 12.4. The van der Waals surface area contributed by atoms with E-state index in [2.05, 4.69) is 5.32 Å². The molecule has 11 heteroatoms. The molecule has 0 saturated carbocycles. The number of alkyl halides is 3.